The number of aryl methyl sites for hydroxylation is 4. The van der Waals surface area contributed by atoms with Gasteiger partial charge >= 0.3 is 5.69 Å². The minimum absolute atomic E-state index is 0.150. The van der Waals surface area contributed by atoms with E-state index in [1.165, 1.54) is 11.7 Å². The number of nitrogens with two attached hydrogens (primary N) is 3. The minimum atomic E-state index is -0.834. The third-order valence-corrected chi connectivity index (χ3v) is 3.88. The van der Waals surface area contributed by atoms with Gasteiger partial charge in [-0.1, -0.05) is 26.7 Å². The zero-order chi connectivity index (χ0) is 21.6. The molecule has 0 saturated carbocycles. The third kappa shape index (κ3) is 4.84. The van der Waals surface area contributed by atoms with Gasteiger partial charge in [0.2, 0.25) is 5.69 Å². The summed E-state index contributed by atoms with van der Waals surface area (Å²) in [6.45, 7) is 3.90. The number of rotatable bonds is 7. The average molecular weight is 394 g/mol. The maximum Gasteiger partial charge on any atom is 0.323 e. The van der Waals surface area contributed by atoms with Crippen molar-refractivity contribution in [1.29, 1.82) is 0 Å². The molecule has 2 aromatic heterocycles. The summed E-state index contributed by atoms with van der Waals surface area (Å²) in [4.78, 5) is 32.1. The fraction of sp³-hybridized carbons (Fsp3) is 0.500. The first kappa shape index (κ1) is 22.6. The number of aromatic nitrogens is 4. The monoisotopic (exact) mass is 394 g/mol. The van der Waals surface area contributed by atoms with Crippen molar-refractivity contribution in [3.63, 3.8) is 0 Å². The van der Waals surface area contributed by atoms with Crippen LogP contribution in [0.1, 0.15) is 59.1 Å². The van der Waals surface area contributed by atoms with Crippen molar-refractivity contribution in [3.05, 3.63) is 32.9 Å². The summed E-state index contributed by atoms with van der Waals surface area (Å²) in [6.07, 6.45) is 2.89. The number of primary amides is 2. The maximum absolute atomic E-state index is 11.0. The number of nitrogen functional groups attached to an aromatic ring is 1. The number of hydrogen-bond donors (Lipinski definition) is 3. The van der Waals surface area contributed by atoms with E-state index in [1.54, 1.807) is 7.05 Å². The van der Waals surface area contributed by atoms with Crippen LogP contribution in [0.5, 0.6) is 0 Å². The molecule has 0 fully saturated rings. The van der Waals surface area contributed by atoms with Gasteiger partial charge in [0, 0.05) is 14.1 Å². The molecule has 0 aliphatic carbocycles. The molecule has 0 aromatic carbocycles. The molecule has 12 nitrogen and oxygen atoms in total. The summed E-state index contributed by atoms with van der Waals surface area (Å²) in [7, 11) is 3.13. The van der Waals surface area contributed by atoms with E-state index < -0.39 is 16.7 Å². The predicted octanol–water partition coefficient (Wildman–Crippen LogP) is 0.433. The van der Waals surface area contributed by atoms with Crippen molar-refractivity contribution in [3.8, 4) is 0 Å². The molecule has 28 heavy (non-hydrogen) atoms. The van der Waals surface area contributed by atoms with Crippen LogP contribution < -0.4 is 17.2 Å². The highest BCUT2D eigenvalue weighted by Gasteiger charge is 2.29. The van der Waals surface area contributed by atoms with Crippen LogP contribution in [0, 0.1) is 10.1 Å². The van der Waals surface area contributed by atoms with Crippen LogP contribution in [0.25, 0.3) is 0 Å². The second-order valence-electron chi connectivity index (χ2n) is 6.09. The van der Waals surface area contributed by atoms with Crippen molar-refractivity contribution in [2.24, 2.45) is 25.6 Å². The lowest BCUT2D eigenvalue weighted by molar-refractivity contribution is -0.385. The van der Waals surface area contributed by atoms with Gasteiger partial charge in [-0.05, 0) is 12.8 Å². The zero-order valence-electron chi connectivity index (χ0n) is 16.4. The number of anilines is 1. The molecule has 12 heteroatoms. The van der Waals surface area contributed by atoms with Gasteiger partial charge in [0.25, 0.3) is 11.8 Å². The van der Waals surface area contributed by atoms with Crippen molar-refractivity contribution < 1.29 is 14.5 Å². The smallest absolute Gasteiger partial charge is 0.323 e. The van der Waals surface area contributed by atoms with Gasteiger partial charge in [0.05, 0.1) is 16.3 Å². The van der Waals surface area contributed by atoms with E-state index in [0.717, 1.165) is 29.6 Å². The van der Waals surface area contributed by atoms with Crippen LogP contribution in [0.3, 0.4) is 0 Å². The SMILES string of the molecule is CCCc1nn(C)c(C(N)=O)c1N.CCCc1nn(C)c(C(N)=O)c1[N+](=O)[O-]. The van der Waals surface area contributed by atoms with Crippen LogP contribution in [0.4, 0.5) is 11.4 Å². The van der Waals surface area contributed by atoms with Crippen molar-refractivity contribution in [2.75, 3.05) is 5.73 Å². The molecule has 2 heterocycles. The van der Waals surface area contributed by atoms with E-state index in [9.17, 15) is 19.7 Å². The fourth-order valence-corrected chi connectivity index (χ4v) is 2.75. The lowest BCUT2D eigenvalue weighted by Crippen LogP contribution is -2.17. The summed E-state index contributed by atoms with van der Waals surface area (Å²) in [5.74, 6) is -1.37. The van der Waals surface area contributed by atoms with Crippen LogP contribution in [0.2, 0.25) is 0 Å². The van der Waals surface area contributed by atoms with Crippen LogP contribution >= 0.6 is 0 Å². The molecule has 0 aliphatic heterocycles. The van der Waals surface area contributed by atoms with Gasteiger partial charge in [0.1, 0.15) is 11.4 Å². The molecule has 2 amide bonds. The first-order chi connectivity index (χ1) is 13.1. The number of nitrogens with zero attached hydrogens (tertiary/aromatic N) is 5. The summed E-state index contributed by atoms with van der Waals surface area (Å²) in [5, 5.41) is 18.8. The van der Waals surface area contributed by atoms with Gasteiger partial charge in [0.15, 0.2) is 0 Å². The highest BCUT2D eigenvalue weighted by molar-refractivity contribution is 5.96. The molecule has 0 saturated heterocycles. The normalized spacial score (nSPS) is 10.3. The second kappa shape index (κ2) is 9.48. The van der Waals surface area contributed by atoms with Crippen molar-refractivity contribution >= 4 is 23.2 Å². The van der Waals surface area contributed by atoms with Crippen LogP contribution in [-0.2, 0) is 26.9 Å². The molecule has 0 unspecified atom stereocenters. The fourth-order valence-electron chi connectivity index (χ4n) is 2.75. The lowest BCUT2D eigenvalue weighted by atomic mass is 10.2. The molecular formula is C16H26N8O4. The van der Waals surface area contributed by atoms with E-state index in [0.29, 0.717) is 23.5 Å². The quantitative estimate of drug-likeness (QED) is 0.447. The van der Waals surface area contributed by atoms with Gasteiger partial charge in [-0.3, -0.25) is 29.1 Å². The maximum atomic E-state index is 11.0. The van der Waals surface area contributed by atoms with Gasteiger partial charge < -0.3 is 17.2 Å². The van der Waals surface area contributed by atoms with Crippen molar-refractivity contribution in [1.82, 2.24) is 19.6 Å². The average Bonchev–Trinajstić information content (AvgIpc) is 3.05. The predicted molar refractivity (Wildman–Crippen MR) is 103 cm³/mol. The number of carbonyl (C=O) groups excluding carboxylic acids is 2. The van der Waals surface area contributed by atoms with E-state index in [-0.39, 0.29) is 11.4 Å². The van der Waals surface area contributed by atoms with Crippen molar-refractivity contribution in [2.45, 2.75) is 39.5 Å². The number of carbonyl (C=O) groups is 2. The van der Waals surface area contributed by atoms with E-state index in [4.69, 9.17) is 17.2 Å². The topological polar surface area (TPSA) is 191 Å². The van der Waals surface area contributed by atoms with Gasteiger partial charge in [-0.15, -0.1) is 0 Å². The molecule has 0 aliphatic rings. The van der Waals surface area contributed by atoms with Gasteiger partial charge in [-0.25, -0.2) is 0 Å². The Hall–Kier alpha value is -3.44. The van der Waals surface area contributed by atoms with Crippen LogP contribution in [-0.4, -0.2) is 36.3 Å². The van der Waals surface area contributed by atoms with E-state index in [1.807, 2.05) is 13.8 Å². The molecular weight excluding hydrogens is 368 g/mol. The Morgan fingerprint density at radius 2 is 1.39 bits per heavy atom. The number of amides is 2. The molecule has 0 radical (unpaired) electrons. The Morgan fingerprint density at radius 3 is 1.79 bits per heavy atom. The Labute approximate surface area is 161 Å². The third-order valence-electron chi connectivity index (χ3n) is 3.88. The first-order valence-electron chi connectivity index (χ1n) is 8.67. The molecule has 2 aromatic rings. The Morgan fingerprint density at radius 1 is 0.964 bits per heavy atom. The van der Waals surface area contributed by atoms with Gasteiger partial charge in [-0.2, -0.15) is 10.2 Å². The molecule has 0 atom stereocenters. The molecule has 6 N–H and O–H groups in total. The van der Waals surface area contributed by atoms with E-state index >= 15 is 0 Å². The Bertz CT molecular complexity index is 884. The van der Waals surface area contributed by atoms with E-state index in [2.05, 4.69) is 10.2 Å². The summed E-state index contributed by atoms with van der Waals surface area (Å²) in [5.41, 5.74) is 17.3. The number of hydrogen-bond acceptors (Lipinski definition) is 7. The first-order valence-corrected chi connectivity index (χ1v) is 8.67. The minimum Gasteiger partial charge on any atom is -0.395 e. The second-order valence-corrected chi connectivity index (χ2v) is 6.09. The largest absolute Gasteiger partial charge is 0.395 e. The van der Waals surface area contributed by atoms with Crippen LogP contribution in [0.15, 0.2) is 0 Å². The number of nitro groups is 1. The molecule has 2 rings (SSSR count). The Kier molecular flexibility index (Phi) is 7.65. The molecule has 0 spiro atoms. The molecule has 154 valence electrons. The highest BCUT2D eigenvalue weighted by atomic mass is 16.6. The summed E-state index contributed by atoms with van der Waals surface area (Å²) >= 11 is 0. The molecule has 0 bridgehead atoms. The summed E-state index contributed by atoms with van der Waals surface area (Å²) in [6, 6.07) is 0. The summed E-state index contributed by atoms with van der Waals surface area (Å²) < 4.78 is 2.59. The standard InChI is InChI=1S/C8H12N4O3.C8H14N4O/c1-3-4-5-6(12(14)15)7(8(9)13)11(2)10-5;1-3-4-5-6(9)7(8(10)13)12(2)11-5/h3-4H2,1-2H3,(H2,9,13);3-4,9H2,1-2H3,(H2,10,13). The highest BCUT2D eigenvalue weighted by Crippen LogP contribution is 2.23. The zero-order valence-corrected chi connectivity index (χ0v) is 16.4. The lowest BCUT2D eigenvalue weighted by Gasteiger charge is -1.96. The Balaban J connectivity index is 0.000000283.